The predicted octanol–water partition coefficient (Wildman–Crippen LogP) is 2.11. The molecule has 0 bridgehead atoms. The third-order valence-corrected chi connectivity index (χ3v) is 6.21. The molecule has 1 N–H and O–H groups in total. The molecular formula is C21H31N3O3. The molecule has 6 heteroatoms. The molecule has 2 aliphatic heterocycles. The van der Waals surface area contributed by atoms with E-state index in [2.05, 4.69) is 4.90 Å². The van der Waals surface area contributed by atoms with Gasteiger partial charge in [0.25, 0.3) is 5.91 Å². The van der Waals surface area contributed by atoms with Gasteiger partial charge in [-0.2, -0.15) is 0 Å². The monoisotopic (exact) mass is 373 g/mol. The van der Waals surface area contributed by atoms with Gasteiger partial charge in [0.2, 0.25) is 5.91 Å². The third kappa shape index (κ3) is 4.26. The number of piperidine rings is 2. The van der Waals surface area contributed by atoms with Crippen LogP contribution in [0.15, 0.2) is 18.2 Å². The second-order valence-electron chi connectivity index (χ2n) is 8.36. The van der Waals surface area contributed by atoms with E-state index in [1.807, 2.05) is 23.9 Å². The maximum atomic E-state index is 12.9. The zero-order chi connectivity index (χ0) is 19.6. The van der Waals surface area contributed by atoms with Crippen LogP contribution in [0.3, 0.4) is 0 Å². The summed E-state index contributed by atoms with van der Waals surface area (Å²) in [7, 11) is 4.05. The van der Waals surface area contributed by atoms with Crippen molar-refractivity contribution in [3.8, 4) is 5.75 Å². The fraction of sp³-hybridized carbons (Fsp3) is 0.619. The molecule has 0 aliphatic carbocycles. The predicted molar refractivity (Wildman–Crippen MR) is 105 cm³/mol. The molecule has 0 radical (unpaired) electrons. The van der Waals surface area contributed by atoms with Gasteiger partial charge in [-0.05, 0) is 57.8 Å². The average molecular weight is 373 g/mol. The molecule has 0 unspecified atom stereocenters. The lowest BCUT2D eigenvalue weighted by atomic mass is 9.72. The number of phenolic OH excluding ortho intramolecular Hbond substituents is 1. The van der Waals surface area contributed by atoms with E-state index < -0.39 is 0 Å². The number of aromatic hydroxyl groups is 1. The second kappa shape index (κ2) is 7.89. The largest absolute Gasteiger partial charge is 0.508 e. The van der Waals surface area contributed by atoms with Gasteiger partial charge in [0.1, 0.15) is 5.75 Å². The first-order valence-electron chi connectivity index (χ1n) is 9.82. The Balaban J connectivity index is 1.63. The standard InChI is InChI=1S/C21H31N3O3/c1-16-17(5-4-6-18(16)25)20(27)23-11-9-21(10-12-23)8-7-19(26)24(15-21)14-13-22(2)3/h4-6,25H,7-15H2,1-3H3. The topological polar surface area (TPSA) is 64.1 Å². The van der Waals surface area contributed by atoms with Gasteiger partial charge in [-0.25, -0.2) is 0 Å². The lowest BCUT2D eigenvalue weighted by Gasteiger charge is -2.47. The molecule has 6 nitrogen and oxygen atoms in total. The fourth-order valence-electron chi connectivity index (χ4n) is 4.24. The minimum absolute atomic E-state index is 0.00500. The number of phenols is 1. The summed E-state index contributed by atoms with van der Waals surface area (Å²) < 4.78 is 0. The summed E-state index contributed by atoms with van der Waals surface area (Å²) in [5.41, 5.74) is 1.36. The van der Waals surface area contributed by atoms with Crippen LogP contribution >= 0.6 is 0 Å². The summed E-state index contributed by atoms with van der Waals surface area (Å²) in [6.45, 7) is 5.67. The van der Waals surface area contributed by atoms with Crippen molar-refractivity contribution in [2.75, 3.05) is 46.8 Å². The Morgan fingerprint density at radius 3 is 2.59 bits per heavy atom. The van der Waals surface area contributed by atoms with Gasteiger partial charge in [0.05, 0.1) is 0 Å². The van der Waals surface area contributed by atoms with Gasteiger partial charge in [-0.15, -0.1) is 0 Å². The fourth-order valence-corrected chi connectivity index (χ4v) is 4.24. The molecule has 1 aromatic rings. The van der Waals surface area contributed by atoms with Crippen LogP contribution in [0.1, 0.15) is 41.6 Å². The van der Waals surface area contributed by atoms with E-state index in [-0.39, 0.29) is 23.0 Å². The highest BCUT2D eigenvalue weighted by atomic mass is 16.3. The van der Waals surface area contributed by atoms with Crippen molar-refractivity contribution >= 4 is 11.8 Å². The summed E-state index contributed by atoms with van der Waals surface area (Å²) in [6, 6.07) is 5.11. The molecule has 27 heavy (non-hydrogen) atoms. The molecule has 0 atom stereocenters. The van der Waals surface area contributed by atoms with E-state index in [9.17, 15) is 14.7 Å². The highest BCUT2D eigenvalue weighted by Gasteiger charge is 2.41. The van der Waals surface area contributed by atoms with Crippen molar-refractivity contribution in [2.45, 2.75) is 32.6 Å². The third-order valence-electron chi connectivity index (χ3n) is 6.21. The normalized spacial score (nSPS) is 19.8. The summed E-state index contributed by atoms with van der Waals surface area (Å²) in [4.78, 5) is 31.2. The van der Waals surface area contributed by atoms with Gasteiger partial charge in [0.15, 0.2) is 0 Å². The van der Waals surface area contributed by atoms with E-state index in [0.29, 0.717) is 30.6 Å². The van der Waals surface area contributed by atoms with Crippen LogP contribution in [-0.4, -0.2) is 78.4 Å². The number of carbonyl (C=O) groups is 2. The van der Waals surface area contributed by atoms with E-state index in [1.54, 1.807) is 25.1 Å². The number of likely N-dealkylation sites (tertiary alicyclic amines) is 2. The molecule has 2 saturated heterocycles. The van der Waals surface area contributed by atoms with Crippen molar-refractivity contribution in [2.24, 2.45) is 5.41 Å². The molecule has 2 fully saturated rings. The first kappa shape index (κ1) is 19.7. The van der Waals surface area contributed by atoms with E-state index >= 15 is 0 Å². The molecule has 2 heterocycles. The van der Waals surface area contributed by atoms with E-state index in [1.165, 1.54) is 0 Å². The summed E-state index contributed by atoms with van der Waals surface area (Å²) in [5, 5.41) is 9.88. The summed E-state index contributed by atoms with van der Waals surface area (Å²) in [6.07, 6.45) is 3.41. The van der Waals surface area contributed by atoms with Crippen LogP contribution in [0, 0.1) is 12.3 Å². The van der Waals surface area contributed by atoms with Gasteiger partial charge in [0, 0.05) is 50.3 Å². The summed E-state index contributed by atoms with van der Waals surface area (Å²) >= 11 is 0. The highest BCUT2D eigenvalue weighted by molar-refractivity contribution is 5.96. The molecule has 1 spiro atoms. The lowest BCUT2D eigenvalue weighted by Crippen LogP contribution is -2.53. The molecule has 1 aromatic carbocycles. The molecule has 2 amide bonds. The minimum atomic E-state index is -0.00500. The van der Waals surface area contributed by atoms with Crippen LogP contribution in [0.4, 0.5) is 0 Å². The van der Waals surface area contributed by atoms with Crippen LogP contribution in [0.2, 0.25) is 0 Å². The number of likely N-dealkylation sites (N-methyl/N-ethyl adjacent to an activating group) is 1. The number of benzene rings is 1. The maximum absolute atomic E-state index is 12.9. The smallest absolute Gasteiger partial charge is 0.254 e. The first-order valence-corrected chi connectivity index (χ1v) is 9.82. The van der Waals surface area contributed by atoms with E-state index in [0.717, 1.165) is 38.9 Å². The number of hydrogen-bond acceptors (Lipinski definition) is 4. The zero-order valence-corrected chi connectivity index (χ0v) is 16.7. The van der Waals surface area contributed by atoms with Crippen LogP contribution in [0.25, 0.3) is 0 Å². The highest BCUT2D eigenvalue weighted by Crippen LogP contribution is 2.40. The Morgan fingerprint density at radius 1 is 1.22 bits per heavy atom. The molecule has 3 rings (SSSR count). The van der Waals surface area contributed by atoms with Crippen LogP contribution < -0.4 is 0 Å². The molecule has 0 aromatic heterocycles. The van der Waals surface area contributed by atoms with Crippen molar-refractivity contribution < 1.29 is 14.7 Å². The van der Waals surface area contributed by atoms with Crippen molar-refractivity contribution in [3.05, 3.63) is 29.3 Å². The van der Waals surface area contributed by atoms with Crippen molar-refractivity contribution in [3.63, 3.8) is 0 Å². The Bertz CT molecular complexity index is 709. The molecule has 0 saturated carbocycles. The van der Waals surface area contributed by atoms with Gasteiger partial charge >= 0.3 is 0 Å². The number of amides is 2. The van der Waals surface area contributed by atoms with Gasteiger partial charge < -0.3 is 19.8 Å². The maximum Gasteiger partial charge on any atom is 0.254 e. The van der Waals surface area contributed by atoms with Crippen molar-refractivity contribution in [1.82, 2.24) is 14.7 Å². The van der Waals surface area contributed by atoms with Gasteiger partial charge in [-0.1, -0.05) is 6.07 Å². The Labute approximate surface area is 161 Å². The van der Waals surface area contributed by atoms with Crippen LogP contribution in [0.5, 0.6) is 5.75 Å². The Morgan fingerprint density at radius 2 is 1.93 bits per heavy atom. The van der Waals surface area contributed by atoms with Gasteiger partial charge in [-0.3, -0.25) is 9.59 Å². The van der Waals surface area contributed by atoms with E-state index in [4.69, 9.17) is 0 Å². The molecule has 2 aliphatic rings. The number of rotatable bonds is 4. The Hall–Kier alpha value is -2.08. The number of nitrogens with zero attached hydrogens (tertiary/aromatic N) is 3. The number of carbonyl (C=O) groups excluding carboxylic acids is 2. The Kier molecular flexibility index (Phi) is 5.75. The molecular weight excluding hydrogens is 342 g/mol. The zero-order valence-electron chi connectivity index (χ0n) is 16.7. The first-order chi connectivity index (χ1) is 12.8. The lowest BCUT2D eigenvalue weighted by molar-refractivity contribution is -0.139. The minimum Gasteiger partial charge on any atom is -0.508 e. The SMILES string of the molecule is Cc1c(O)cccc1C(=O)N1CCC2(CCC(=O)N(CCN(C)C)C2)CC1. The molecule has 148 valence electrons. The number of hydrogen-bond donors (Lipinski definition) is 1. The van der Waals surface area contributed by atoms with Crippen LogP contribution in [-0.2, 0) is 4.79 Å². The quantitative estimate of drug-likeness (QED) is 0.878. The summed E-state index contributed by atoms with van der Waals surface area (Å²) in [5.74, 6) is 0.419. The van der Waals surface area contributed by atoms with Crippen molar-refractivity contribution in [1.29, 1.82) is 0 Å². The average Bonchev–Trinajstić information content (AvgIpc) is 2.65. The second-order valence-corrected chi connectivity index (χ2v) is 8.36.